The van der Waals surface area contributed by atoms with Gasteiger partial charge in [-0.1, -0.05) is 0 Å². The number of alkyl halides is 9. The zero-order valence-corrected chi connectivity index (χ0v) is 10.5. The van der Waals surface area contributed by atoms with Gasteiger partial charge in [-0.05, 0) is 0 Å². The first-order chi connectivity index (χ1) is 10.00. The topological polar surface area (TPSA) is 90.2 Å². The van der Waals surface area contributed by atoms with Gasteiger partial charge in [0, 0.05) is 0 Å². The molecule has 1 rings (SSSR count). The number of halogens is 9. The van der Waals surface area contributed by atoms with E-state index in [2.05, 4.69) is 4.74 Å². The minimum Gasteiger partial charge on any atom is -0.387 e. The Kier molecular flexibility index (Phi) is 4.93. The van der Waals surface area contributed by atoms with Gasteiger partial charge in [0.1, 0.15) is 18.3 Å². The molecule has 0 radical (unpaired) electrons. The lowest BCUT2D eigenvalue weighted by molar-refractivity contribution is -0.424. The fourth-order valence-electron chi connectivity index (χ4n) is 1.73. The first-order valence-electron chi connectivity index (χ1n) is 5.58. The molecule has 23 heavy (non-hydrogen) atoms. The SMILES string of the molecule is OC1O[C@@H](C(F)(F)C(F)(F)C(F)(F)C(F)(F)F)[C@@H](O)[C@H](O)[C@H]1O. The molecule has 14 heteroatoms. The number of aliphatic hydroxyl groups excluding tert-OH is 4. The van der Waals surface area contributed by atoms with E-state index in [9.17, 15) is 39.5 Å². The van der Waals surface area contributed by atoms with Crippen molar-refractivity contribution in [2.75, 3.05) is 0 Å². The summed E-state index contributed by atoms with van der Waals surface area (Å²) in [6.07, 6.45) is -22.2. The van der Waals surface area contributed by atoms with Crippen molar-refractivity contribution in [1.29, 1.82) is 0 Å². The zero-order valence-electron chi connectivity index (χ0n) is 10.5. The summed E-state index contributed by atoms with van der Waals surface area (Å²) < 4.78 is 118. The van der Waals surface area contributed by atoms with Crippen LogP contribution in [-0.2, 0) is 4.74 Å². The van der Waals surface area contributed by atoms with Crippen LogP contribution in [0.5, 0.6) is 0 Å². The minimum absolute atomic E-state index is 2.49. The molecule has 0 bridgehead atoms. The highest BCUT2D eigenvalue weighted by Crippen LogP contribution is 2.55. The Bertz CT molecular complexity index is 440. The van der Waals surface area contributed by atoms with Crippen molar-refractivity contribution in [2.45, 2.75) is 54.6 Å². The molecule has 0 aromatic heterocycles. The molecule has 0 aromatic carbocycles. The fourth-order valence-corrected chi connectivity index (χ4v) is 1.73. The van der Waals surface area contributed by atoms with Crippen molar-refractivity contribution in [3.63, 3.8) is 0 Å². The molecule has 0 spiro atoms. The van der Waals surface area contributed by atoms with E-state index in [4.69, 9.17) is 20.4 Å². The second kappa shape index (κ2) is 5.61. The maximum absolute atomic E-state index is 13.5. The van der Waals surface area contributed by atoms with Gasteiger partial charge in [0.2, 0.25) is 0 Å². The number of ether oxygens (including phenoxy) is 1. The van der Waals surface area contributed by atoms with Gasteiger partial charge in [0.25, 0.3) is 0 Å². The summed E-state index contributed by atoms with van der Waals surface area (Å²) in [5.74, 6) is -20.7. The Labute approximate surface area is 120 Å². The second-order valence-corrected chi connectivity index (χ2v) is 4.69. The standard InChI is InChI=1S/C9H9F9O5/c10-6(11,7(12,13)8(14,15)9(16,17)18)4-2(20)1(19)3(21)5(22)23-4/h1-5,19-22H/t1-,2-,3+,4+,5?/m0/s1. The molecule has 4 N–H and O–H groups in total. The third-order valence-corrected chi connectivity index (χ3v) is 3.11. The molecular weight excluding hydrogens is 359 g/mol. The zero-order chi connectivity index (χ0) is 18.6. The quantitative estimate of drug-likeness (QED) is 0.537. The molecule has 1 aliphatic heterocycles. The van der Waals surface area contributed by atoms with E-state index < -0.39 is 54.6 Å². The maximum Gasteiger partial charge on any atom is 0.460 e. The van der Waals surface area contributed by atoms with E-state index in [-0.39, 0.29) is 0 Å². The van der Waals surface area contributed by atoms with Gasteiger partial charge in [0.15, 0.2) is 12.4 Å². The van der Waals surface area contributed by atoms with E-state index in [1.807, 2.05) is 0 Å². The summed E-state index contributed by atoms with van der Waals surface area (Å²) >= 11 is 0. The summed E-state index contributed by atoms with van der Waals surface area (Å²) in [6, 6.07) is 0. The average Bonchev–Trinajstić information content (AvgIpc) is 2.38. The molecule has 5 atom stereocenters. The average molecular weight is 368 g/mol. The molecule has 0 aliphatic carbocycles. The van der Waals surface area contributed by atoms with Crippen LogP contribution in [-0.4, -0.2) is 75.1 Å². The van der Waals surface area contributed by atoms with Crippen LogP contribution in [0.3, 0.4) is 0 Å². The van der Waals surface area contributed by atoms with Crippen LogP contribution in [0.15, 0.2) is 0 Å². The summed E-state index contributed by atoms with van der Waals surface area (Å²) in [4.78, 5) is 0. The van der Waals surface area contributed by atoms with Crippen LogP contribution >= 0.6 is 0 Å². The smallest absolute Gasteiger partial charge is 0.387 e. The van der Waals surface area contributed by atoms with E-state index in [0.717, 1.165) is 0 Å². The van der Waals surface area contributed by atoms with Crippen LogP contribution in [0, 0.1) is 0 Å². The molecule has 0 saturated carbocycles. The predicted octanol–water partition coefficient (Wildman–Crippen LogP) is 0.254. The lowest BCUT2D eigenvalue weighted by Gasteiger charge is -2.44. The maximum atomic E-state index is 13.5. The van der Waals surface area contributed by atoms with Crippen LogP contribution in [0.4, 0.5) is 39.5 Å². The minimum atomic E-state index is -7.22. The summed E-state index contributed by atoms with van der Waals surface area (Å²) in [5.41, 5.74) is 0. The largest absolute Gasteiger partial charge is 0.460 e. The van der Waals surface area contributed by atoms with E-state index >= 15 is 0 Å². The van der Waals surface area contributed by atoms with Gasteiger partial charge in [0.05, 0.1) is 0 Å². The molecule has 1 fully saturated rings. The van der Waals surface area contributed by atoms with Gasteiger partial charge in [-0.3, -0.25) is 0 Å². The Morgan fingerprint density at radius 1 is 0.609 bits per heavy atom. The van der Waals surface area contributed by atoms with Crippen molar-refractivity contribution in [3.8, 4) is 0 Å². The Morgan fingerprint density at radius 2 is 1.04 bits per heavy atom. The lowest BCUT2D eigenvalue weighted by Crippen LogP contribution is -2.71. The van der Waals surface area contributed by atoms with Crippen molar-refractivity contribution in [2.24, 2.45) is 0 Å². The first-order valence-corrected chi connectivity index (χ1v) is 5.58. The molecular formula is C9H9F9O5. The highest BCUT2D eigenvalue weighted by atomic mass is 19.4. The van der Waals surface area contributed by atoms with E-state index in [0.29, 0.717) is 0 Å². The highest BCUT2D eigenvalue weighted by Gasteiger charge is 2.84. The Morgan fingerprint density at radius 3 is 1.43 bits per heavy atom. The van der Waals surface area contributed by atoms with E-state index in [1.54, 1.807) is 0 Å². The summed E-state index contributed by atoms with van der Waals surface area (Å²) in [5, 5.41) is 36.0. The second-order valence-electron chi connectivity index (χ2n) is 4.69. The fraction of sp³-hybridized carbons (Fsp3) is 1.00. The molecule has 1 heterocycles. The van der Waals surface area contributed by atoms with E-state index in [1.165, 1.54) is 0 Å². The summed E-state index contributed by atoms with van der Waals surface area (Å²) in [6.45, 7) is 0. The van der Waals surface area contributed by atoms with Crippen molar-refractivity contribution in [3.05, 3.63) is 0 Å². The predicted molar refractivity (Wildman–Crippen MR) is 49.8 cm³/mol. The van der Waals surface area contributed by atoms with Gasteiger partial charge in [-0.15, -0.1) is 0 Å². The highest BCUT2D eigenvalue weighted by molar-refractivity contribution is 5.07. The number of aliphatic hydroxyl groups is 4. The van der Waals surface area contributed by atoms with Crippen molar-refractivity contribution < 1.29 is 64.7 Å². The van der Waals surface area contributed by atoms with Gasteiger partial charge in [-0.25, -0.2) is 0 Å². The van der Waals surface area contributed by atoms with Crippen molar-refractivity contribution in [1.82, 2.24) is 0 Å². The number of hydrogen-bond donors (Lipinski definition) is 4. The number of hydrogen-bond acceptors (Lipinski definition) is 5. The van der Waals surface area contributed by atoms with Crippen LogP contribution in [0.2, 0.25) is 0 Å². The molecule has 5 nitrogen and oxygen atoms in total. The lowest BCUT2D eigenvalue weighted by atomic mass is 9.89. The number of rotatable bonds is 3. The normalized spacial score (nSPS) is 34.6. The molecule has 0 aromatic rings. The molecule has 1 aliphatic rings. The third-order valence-electron chi connectivity index (χ3n) is 3.11. The molecule has 1 saturated heterocycles. The summed E-state index contributed by atoms with van der Waals surface area (Å²) in [7, 11) is 0. The van der Waals surface area contributed by atoms with Gasteiger partial charge in [-0.2, -0.15) is 39.5 Å². The molecule has 138 valence electrons. The monoisotopic (exact) mass is 368 g/mol. The molecule has 0 amide bonds. The Balaban J connectivity index is 3.29. The van der Waals surface area contributed by atoms with Crippen LogP contribution < -0.4 is 0 Å². The first kappa shape index (κ1) is 20.2. The van der Waals surface area contributed by atoms with Gasteiger partial charge >= 0.3 is 23.9 Å². The van der Waals surface area contributed by atoms with Gasteiger partial charge < -0.3 is 25.2 Å². The van der Waals surface area contributed by atoms with Crippen molar-refractivity contribution >= 4 is 0 Å². The molecule has 1 unspecified atom stereocenters. The Hall–Kier alpha value is -0.830. The van der Waals surface area contributed by atoms with Crippen LogP contribution in [0.25, 0.3) is 0 Å². The van der Waals surface area contributed by atoms with Crippen LogP contribution in [0.1, 0.15) is 0 Å². The third kappa shape index (κ3) is 2.86.